The van der Waals surface area contributed by atoms with E-state index in [1.165, 1.54) is 14.0 Å². The molecule has 1 aromatic rings. The van der Waals surface area contributed by atoms with E-state index in [9.17, 15) is 9.59 Å². The van der Waals surface area contributed by atoms with Gasteiger partial charge in [0.2, 0.25) is 12.3 Å². The lowest BCUT2D eigenvalue weighted by Crippen LogP contribution is -2.06. The summed E-state index contributed by atoms with van der Waals surface area (Å²) in [6, 6.07) is 4.97. The van der Waals surface area contributed by atoms with Crippen LogP contribution in [0.15, 0.2) is 18.2 Å². The summed E-state index contributed by atoms with van der Waals surface area (Å²) in [7, 11) is 1.50. The Kier molecular flexibility index (Phi) is 3.68. The van der Waals surface area contributed by atoms with Gasteiger partial charge in [0, 0.05) is 12.6 Å². The van der Waals surface area contributed by atoms with Crippen LogP contribution in [0, 0.1) is 0 Å². The third kappa shape index (κ3) is 2.98. The van der Waals surface area contributed by atoms with Crippen molar-refractivity contribution in [3.63, 3.8) is 0 Å². The molecule has 0 saturated heterocycles. The normalized spacial score (nSPS) is 9.20. The van der Waals surface area contributed by atoms with E-state index in [4.69, 9.17) is 4.74 Å². The van der Waals surface area contributed by atoms with Gasteiger partial charge in [-0.1, -0.05) is 0 Å². The van der Waals surface area contributed by atoms with E-state index in [1.54, 1.807) is 18.2 Å². The number of ether oxygens (including phenoxy) is 1. The van der Waals surface area contributed by atoms with Crippen LogP contribution in [-0.2, 0) is 9.59 Å². The zero-order chi connectivity index (χ0) is 11.3. The average molecular weight is 208 g/mol. The molecule has 5 heteroatoms. The zero-order valence-electron chi connectivity index (χ0n) is 8.53. The molecule has 2 amide bonds. The van der Waals surface area contributed by atoms with Crippen molar-refractivity contribution in [1.82, 2.24) is 0 Å². The number of benzene rings is 1. The summed E-state index contributed by atoms with van der Waals surface area (Å²) < 4.78 is 5.02. The first-order chi connectivity index (χ1) is 7.17. The van der Waals surface area contributed by atoms with Gasteiger partial charge >= 0.3 is 0 Å². The number of amides is 2. The number of hydrogen-bond acceptors (Lipinski definition) is 3. The molecule has 0 atom stereocenters. The quantitative estimate of drug-likeness (QED) is 0.731. The van der Waals surface area contributed by atoms with Gasteiger partial charge in [-0.25, -0.2) is 0 Å². The van der Waals surface area contributed by atoms with Gasteiger partial charge in [-0.2, -0.15) is 0 Å². The first kappa shape index (κ1) is 11.0. The molecular weight excluding hydrogens is 196 g/mol. The molecule has 5 nitrogen and oxygen atoms in total. The third-order valence-corrected chi connectivity index (χ3v) is 1.73. The Bertz CT molecular complexity index is 377. The topological polar surface area (TPSA) is 67.4 Å². The highest BCUT2D eigenvalue weighted by atomic mass is 16.5. The number of hydrogen-bond donors (Lipinski definition) is 2. The van der Waals surface area contributed by atoms with E-state index in [0.717, 1.165) is 0 Å². The molecule has 0 aliphatic rings. The highest BCUT2D eigenvalue weighted by Gasteiger charge is 2.04. The maximum atomic E-state index is 10.8. The molecule has 0 fully saturated rings. The van der Waals surface area contributed by atoms with E-state index in [0.29, 0.717) is 23.5 Å². The van der Waals surface area contributed by atoms with Crippen LogP contribution in [0.4, 0.5) is 11.4 Å². The van der Waals surface area contributed by atoms with E-state index in [1.807, 2.05) is 0 Å². The van der Waals surface area contributed by atoms with Crippen molar-refractivity contribution in [2.75, 3.05) is 17.7 Å². The van der Waals surface area contributed by atoms with Gasteiger partial charge in [-0.05, 0) is 18.2 Å². The van der Waals surface area contributed by atoms with Crippen molar-refractivity contribution in [2.24, 2.45) is 0 Å². The molecule has 15 heavy (non-hydrogen) atoms. The smallest absolute Gasteiger partial charge is 0.221 e. The maximum absolute atomic E-state index is 10.8. The van der Waals surface area contributed by atoms with Crippen LogP contribution in [-0.4, -0.2) is 19.4 Å². The number of anilines is 2. The fraction of sp³-hybridized carbons (Fsp3) is 0.200. The van der Waals surface area contributed by atoms with Gasteiger partial charge in [0.1, 0.15) is 5.75 Å². The van der Waals surface area contributed by atoms with Crippen LogP contribution >= 0.6 is 0 Å². The van der Waals surface area contributed by atoms with Crippen molar-refractivity contribution in [3.8, 4) is 5.75 Å². The van der Waals surface area contributed by atoms with Crippen LogP contribution < -0.4 is 15.4 Å². The van der Waals surface area contributed by atoms with Gasteiger partial charge in [0.15, 0.2) is 0 Å². The number of carbonyl (C=O) groups excluding carboxylic acids is 2. The van der Waals surface area contributed by atoms with Crippen LogP contribution in [0.1, 0.15) is 6.92 Å². The fourth-order valence-electron chi connectivity index (χ4n) is 1.17. The van der Waals surface area contributed by atoms with E-state index in [2.05, 4.69) is 10.6 Å². The second-order valence-electron chi connectivity index (χ2n) is 2.86. The van der Waals surface area contributed by atoms with Gasteiger partial charge in [0.05, 0.1) is 12.8 Å². The second kappa shape index (κ2) is 4.99. The molecule has 2 N–H and O–H groups in total. The first-order valence-electron chi connectivity index (χ1n) is 4.33. The lowest BCUT2D eigenvalue weighted by Gasteiger charge is -2.09. The highest BCUT2D eigenvalue weighted by Crippen LogP contribution is 2.27. The molecule has 0 saturated carbocycles. The fourth-order valence-corrected chi connectivity index (χ4v) is 1.17. The molecule has 0 unspecified atom stereocenters. The molecule has 80 valence electrons. The minimum Gasteiger partial charge on any atom is -0.495 e. The standard InChI is InChI=1S/C10H12N2O3/c1-7(14)12-8-3-4-10(15-2)9(5-8)11-6-13/h3-6H,1-2H3,(H,11,13)(H,12,14). The van der Waals surface area contributed by atoms with Crippen LogP contribution in [0.25, 0.3) is 0 Å². The SMILES string of the molecule is COc1ccc(NC(C)=O)cc1NC=O. The number of carbonyl (C=O) groups is 2. The molecular formula is C10H12N2O3. The Labute approximate surface area is 87.4 Å². The van der Waals surface area contributed by atoms with Gasteiger partial charge in [0.25, 0.3) is 0 Å². The molecule has 0 radical (unpaired) electrons. The van der Waals surface area contributed by atoms with E-state index in [-0.39, 0.29) is 5.91 Å². The molecule has 1 aromatic carbocycles. The summed E-state index contributed by atoms with van der Waals surface area (Å²) in [4.78, 5) is 21.1. The molecule has 0 spiro atoms. The Morgan fingerprint density at radius 1 is 1.47 bits per heavy atom. The predicted molar refractivity (Wildman–Crippen MR) is 57.0 cm³/mol. The van der Waals surface area contributed by atoms with Crippen molar-refractivity contribution in [2.45, 2.75) is 6.92 Å². The highest BCUT2D eigenvalue weighted by molar-refractivity contribution is 5.90. The number of nitrogens with one attached hydrogen (secondary N) is 2. The summed E-state index contributed by atoms with van der Waals surface area (Å²) >= 11 is 0. The van der Waals surface area contributed by atoms with Crippen LogP contribution in [0.5, 0.6) is 5.75 Å². The minimum atomic E-state index is -0.169. The first-order valence-corrected chi connectivity index (χ1v) is 4.33. The van der Waals surface area contributed by atoms with Crippen LogP contribution in [0.3, 0.4) is 0 Å². The Morgan fingerprint density at radius 3 is 2.73 bits per heavy atom. The molecule has 0 aromatic heterocycles. The Morgan fingerprint density at radius 2 is 2.20 bits per heavy atom. The lowest BCUT2D eigenvalue weighted by molar-refractivity contribution is -0.114. The summed E-state index contributed by atoms with van der Waals surface area (Å²) in [5, 5.41) is 5.09. The van der Waals surface area contributed by atoms with Crippen molar-refractivity contribution < 1.29 is 14.3 Å². The van der Waals surface area contributed by atoms with Gasteiger partial charge < -0.3 is 15.4 Å². The average Bonchev–Trinajstić information content (AvgIpc) is 2.18. The number of rotatable bonds is 4. The predicted octanol–water partition coefficient (Wildman–Crippen LogP) is 1.22. The number of methoxy groups -OCH3 is 1. The third-order valence-electron chi connectivity index (χ3n) is 1.73. The van der Waals surface area contributed by atoms with Crippen LogP contribution in [0.2, 0.25) is 0 Å². The van der Waals surface area contributed by atoms with Crippen molar-refractivity contribution in [1.29, 1.82) is 0 Å². The van der Waals surface area contributed by atoms with Gasteiger partial charge in [-0.3, -0.25) is 9.59 Å². The monoisotopic (exact) mass is 208 g/mol. The lowest BCUT2D eigenvalue weighted by atomic mass is 10.2. The minimum absolute atomic E-state index is 0.169. The molecule has 0 heterocycles. The molecule has 0 bridgehead atoms. The summed E-state index contributed by atoms with van der Waals surface area (Å²) in [6.07, 6.45) is 0.551. The molecule has 1 rings (SSSR count). The molecule has 0 aliphatic heterocycles. The Hall–Kier alpha value is -2.04. The second-order valence-corrected chi connectivity index (χ2v) is 2.86. The Balaban J connectivity index is 2.98. The van der Waals surface area contributed by atoms with E-state index >= 15 is 0 Å². The van der Waals surface area contributed by atoms with Crippen molar-refractivity contribution >= 4 is 23.7 Å². The summed E-state index contributed by atoms with van der Waals surface area (Å²) in [6.45, 7) is 1.41. The summed E-state index contributed by atoms with van der Waals surface area (Å²) in [5.74, 6) is 0.369. The zero-order valence-corrected chi connectivity index (χ0v) is 8.53. The van der Waals surface area contributed by atoms with E-state index < -0.39 is 0 Å². The largest absolute Gasteiger partial charge is 0.495 e. The van der Waals surface area contributed by atoms with Crippen molar-refractivity contribution in [3.05, 3.63) is 18.2 Å². The summed E-state index contributed by atoms with van der Waals surface area (Å²) in [5.41, 5.74) is 1.12. The maximum Gasteiger partial charge on any atom is 0.221 e. The van der Waals surface area contributed by atoms with Gasteiger partial charge in [-0.15, -0.1) is 0 Å². The molecule has 0 aliphatic carbocycles.